The summed E-state index contributed by atoms with van der Waals surface area (Å²) in [6.07, 6.45) is 3.67. The normalized spacial score (nSPS) is 17.6. The molecule has 30 heavy (non-hydrogen) atoms. The van der Waals surface area contributed by atoms with Gasteiger partial charge in [0, 0.05) is 45.1 Å². The van der Waals surface area contributed by atoms with Crippen molar-refractivity contribution in [2.45, 2.75) is 32.2 Å². The first-order chi connectivity index (χ1) is 14.5. The van der Waals surface area contributed by atoms with Crippen molar-refractivity contribution in [3.8, 4) is 0 Å². The summed E-state index contributed by atoms with van der Waals surface area (Å²) in [5.74, 6) is 0.338. The highest BCUT2D eigenvalue weighted by Gasteiger charge is 2.45. The van der Waals surface area contributed by atoms with Crippen molar-refractivity contribution in [1.82, 2.24) is 14.4 Å². The largest absolute Gasteiger partial charge is 0.383 e. The number of hydrogen-bond acceptors (Lipinski definition) is 3. The van der Waals surface area contributed by atoms with Crippen LogP contribution < -0.4 is 0 Å². The SMILES string of the molecule is CCCN(CC(=O)N(CCOC)Cc1cccn1C)C(=O)[C@@H]1C[C@H]1c1ccccc1. The lowest BCUT2D eigenvalue weighted by molar-refractivity contribution is -0.142. The standard InChI is InChI=1S/C24H33N3O3/c1-4-12-27(24(29)22-16-21(22)19-9-6-5-7-10-19)18-23(28)26(14-15-30-3)17-20-11-8-13-25(20)2/h5-11,13,21-22H,4,12,14-18H2,1-3H3/t21-,22+/m0/s1. The van der Waals surface area contributed by atoms with Crippen molar-refractivity contribution < 1.29 is 14.3 Å². The number of methoxy groups -OCH3 is 1. The van der Waals surface area contributed by atoms with Gasteiger partial charge in [0.25, 0.3) is 0 Å². The Morgan fingerprint density at radius 3 is 2.50 bits per heavy atom. The molecule has 0 radical (unpaired) electrons. The Morgan fingerprint density at radius 1 is 1.10 bits per heavy atom. The van der Waals surface area contributed by atoms with Crippen LogP contribution in [0.4, 0.5) is 0 Å². The van der Waals surface area contributed by atoms with Crippen LogP contribution in [-0.4, -0.2) is 59.5 Å². The average molecular weight is 412 g/mol. The highest BCUT2D eigenvalue weighted by molar-refractivity contribution is 5.88. The third-order valence-corrected chi connectivity index (χ3v) is 5.79. The minimum atomic E-state index is -0.0352. The zero-order valence-corrected chi connectivity index (χ0v) is 18.3. The van der Waals surface area contributed by atoms with Gasteiger partial charge in [-0.15, -0.1) is 0 Å². The zero-order valence-electron chi connectivity index (χ0n) is 18.3. The second-order valence-corrected chi connectivity index (χ2v) is 8.04. The molecule has 6 heteroatoms. The zero-order chi connectivity index (χ0) is 21.5. The van der Waals surface area contributed by atoms with Gasteiger partial charge in [-0.05, 0) is 36.5 Å². The van der Waals surface area contributed by atoms with Crippen molar-refractivity contribution in [1.29, 1.82) is 0 Å². The van der Waals surface area contributed by atoms with Crippen molar-refractivity contribution in [3.63, 3.8) is 0 Å². The van der Waals surface area contributed by atoms with Crippen molar-refractivity contribution in [3.05, 3.63) is 59.9 Å². The molecule has 2 amide bonds. The first kappa shape index (κ1) is 22.1. The summed E-state index contributed by atoms with van der Waals surface area (Å²) in [6, 6.07) is 14.2. The fourth-order valence-electron chi connectivity index (χ4n) is 3.92. The molecule has 0 bridgehead atoms. The topological polar surface area (TPSA) is 54.8 Å². The van der Waals surface area contributed by atoms with Crippen LogP contribution in [0.3, 0.4) is 0 Å². The van der Waals surface area contributed by atoms with Gasteiger partial charge in [0.1, 0.15) is 0 Å². The van der Waals surface area contributed by atoms with Crippen LogP contribution in [0.5, 0.6) is 0 Å². The predicted molar refractivity (Wildman–Crippen MR) is 117 cm³/mol. The van der Waals surface area contributed by atoms with Crippen LogP contribution in [-0.2, 0) is 27.9 Å². The Hall–Kier alpha value is -2.60. The summed E-state index contributed by atoms with van der Waals surface area (Å²) >= 11 is 0. The smallest absolute Gasteiger partial charge is 0.242 e. The number of nitrogens with zero attached hydrogens (tertiary/aromatic N) is 3. The molecule has 0 aliphatic heterocycles. The lowest BCUT2D eigenvalue weighted by atomic mass is 10.1. The van der Waals surface area contributed by atoms with Gasteiger partial charge in [-0.3, -0.25) is 9.59 Å². The van der Waals surface area contributed by atoms with E-state index in [1.807, 2.05) is 55.1 Å². The van der Waals surface area contributed by atoms with Gasteiger partial charge >= 0.3 is 0 Å². The molecule has 1 aliphatic rings. The van der Waals surface area contributed by atoms with E-state index < -0.39 is 0 Å². The van der Waals surface area contributed by atoms with E-state index in [-0.39, 0.29) is 30.2 Å². The number of aryl methyl sites for hydroxylation is 1. The Morgan fingerprint density at radius 2 is 1.87 bits per heavy atom. The first-order valence-electron chi connectivity index (χ1n) is 10.8. The quantitative estimate of drug-likeness (QED) is 0.571. The van der Waals surface area contributed by atoms with E-state index in [0.717, 1.165) is 18.5 Å². The average Bonchev–Trinajstić information content (AvgIpc) is 3.46. The number of benzene rings is 1. The Bertz CT molecular complexity index is 833. The second kappa shape index (κ2) is 10.4. The van der Waals surface area contributed by atoms with Crippen LogP contribution in [0, 0.1) is 5.92 Å². The molecule has 1 heterocycles. The highest BCUT2D eigenvalue weighted by atomic mass is 16.5. The Kier molecular flexibility index (Phi) is 7.69. The second-order valence-electron chi connectivity index (χ2n) is 8.04. The molecule has 2 aromatic rings. The third-order valence-electron chi connectivity index (χ3n) is 5.79. The number of rotatable bonds is 11. The number of hydrogen-bond donors (Lipinski definition) is 0. The monoisotopic (exact) mass is 411 g/mol. The Labute approximate surface area is 179 Å². The summed E-state index contributed by atoms with van der Waals surface area (Å²) in [5.41, 5.74) is 2.27. The van der Waals surface area contributed by atoms with Gasteiger partial charge in [0.15, 0.2) is 0 Å². The first-order valence-corrected chi connectivity index (χ1v) is 10.8. The minimum Gasteiger partial charge on any atom is -0.383 e. The van der Waals surface area contributed by atoms with Crippen LogP contribution in [0.15, 0.2) is 48.7 Å². The third kappa shape index (κ3) is 5.51. The maximum absolute atomic E-state index is 13.1. The highest BCUT2D eigenvalue weighted by Crippen LogP contribution is 2.48. The summed E-state index contributed by atoms with van der Waals surface area (Å²) in [5, 5.41) is 0. The van der Waals surface area contributed by atoms with Crippen LogP contribution >= 0.6 is 0 Å². The lowest BCUT2D eigenvalue weighted by Gasteiger charge is -2.28. The molecule has 1 fully saturated rings. The summed E-state index contributed by atoms with van der Waals surface area (Å²) in [4.78, 5) is 29.8. The van der Waals surface area contributed by atoms with Crippen LogP contribution in [0.1, 0.15) is 36.9 Å². The van der Waals surface area contributed by atoms with E-state index in [1.165, 1.54) is 5.56 Å². The van der Waals surface area contributed by atoms with E-state index in [4.69, 9.17) is 4.74 Å². The maximum atomic E-state index is 13.1. The molecule has 3 rings (SSSR count). The van der Waals surface area contributed by atoms with Crippen molar-refractivity contribution in [2.75, 3.05) is 33.4 Å². The van der Waals surface area contributed by atoms with Gasteiger partial charge in [0.05, 0.1) is 19.7 Å². The molecule has 162 valence electrons. The minimum absolute atomic E-state index is 0.00736. The molecule has 0 spiro atoms. The van der Waals surface area contributed by atoms with Gasteiger partial charge in [-0.1, -0.05) is 37.3 Å². The van der Waals surface area contributed by atoms with Crippen LogP contribution in [0.25, 0.3) is 0 Å². The molecule has 0 unspecified atom stereocenters. The molecule has 1 aromatic carbocycles. The number of aromatic nitrogens is 1. The summed E-state index contributed by atoms with van der Waals surface area (Å²) in [7, 11) is 3.60. The van der Waals surface area contributed by atoms with E-state index in [1.54, 1.807) is 16.9 Å². The number of carbonyl (C=O) groups is 2. The molecule has 1 aliphatic carbocycles. The van der Waals surface area contributed by atoms with E-state index in [0.29, 0.717) is 26.2 Å². The molecule has 1 aromatic heterocycles. The fourth-order valence-corrected chi connectivity index (χ4v) is 3.92. The lowest BCUT2D eigenvalue weighted by Crippen LogP contribution is -2.44. The van der Waals surface area contributed by atoms with E-state index >= 15 is 0 Å². The molecular weight excluding hydrogens is 378 g/mol. The van der Waals surface area contributed by atoms with Crippen molar-refractivity contribution >= 4 is 11.8 Å². The van der Waals surface area contributed by atoms with Crippen LogP contribution in [0.2, 0.25) is 0 Å². The number of carbonyl (C=O) groups excluding carboxylic acids is 2. The Balaban J connectivity index is 1.65. The molecule has 0 N–H and O–H groups in total. The fraction of sp³-hybridized carbons (Fsp3) is 0.500. The predicted octanol–water partition coefficient (Wildman–Crippen LogP) is 3.04. The molecule has 0 saturated heterocycles. The number of ether oxygens (including phenoxy) is 1. The molecular formula is C24H33N3O3. The molecule has 1 saturated carbocycles. The van der Waals surface area contributed by atoms with E-state index in [9.17, 15) is 9.59 Å². The van der Waals surface area contributed by atoms with E-state index in [2.05, 4.69) is 12.1 Å². The molecule has 6 nitrogen and oxygen atoms in total. The van der Waals surface area contributed by atoms with Gasteiger partial charge in [0.2, 0.25) is 11.8 Å². The van der Waals surface area contributed by atoms with Gasteiger partial charge in [-0.2, -0.15) is 0 Å². The van der Waals surface area contributed by atoms with Crippen molar-refractivity contribution in [2.24, 2.45) is 13.0 Å². The number of amides is 2. The summed E-state index contributed by atoms with van der Waals surface area (Å²) in [6.45, 7) is 4.25. The van der Waals surface area contributed by atoms with Gasteiger partial charge < -0.3 is 19.1 Å². The summed E-state index contributed by atoms with van der Waals surface area (Å²) < 4.78 is 7.21. The van der Waals surface area contributed by atoms with Gasteiger partial charge in [-0.25, -0.2) is 0 Å². The molecule has 2 atom stereocenters. The maximum Gasteiger partial charge on any atom is 0.242 e.